The van der Waals surface area contributed by atoms with Gasteiger partial charge < -0.3 is 15.0 Å². The van der Waals surface area contributed by atoms with E-state index < -0.39 is 11.7 Å². The van der Waals surface area contributed by atoms with Gasteiger partial charge in [-0.2, -0.15) is 4.98 Å². The van der Waals surface area contributed by atoms with Crippen LogP contribution in [0.1, 0.15) is 40.8 Å². The van der Waals surface area contributed by atoms with Gasteiger partial charge in [-0.05, 0) is 24.3 Å². The summed E-state index contributed by atoms with van der Waals surface area (Å²) in [6, 6.07) is 3.85. The Kier molecular flexibility index (Phi) is 6.98. The highest BCUT2D eigenvalue weighted by Gasteiger charge is 2.22. The number of nitrogens with zero attached hydrogens (tertiary/aromatic N) is 1. The fourth-order valence-corrected chi connectivity index (χ4v) is 4.22. The third-order valence-corrected chi connectivity index (χ3v) is 5.58. The lowest BCUT2D eigenvalue weighted by Gasteiger charge is -2.21. The van der Waals surface area contributed by atoms with Gasteiger partial charge in [0, 0.05) is 10.6 Å². The third kappa shape index (κ3) is 4.95. The Morgan fingerprint density at radius 3 is 2.73 bits per heavy atom. The second-order valence-electron chi connectivity index (χ2n) is 5.93. The van der Waals surface area contributed by atoms with E-state index in [1.54, 1.807) is 18.3 Å². The molecule has 0 aliphatic rings. The van der Waals surface area contributed by atoms with E-state index in [9.17, 15) is 14.4 Å². The van der Waals surface area contributed by atoms with Gasteiger partial charge in [-0.3, -0.25) is 4.79 Å². The van der Waals surface area contributed by atoms with Gasteiger partial charge in [-0.1, -0.05) is 31.7 Å². The fourth-order valence-electron chi connectivity index (χ4n) is 2.39. The van der Waals surface area contributed by atoms with Gasteiger partial charge in [0.05, 0.1) is 18.9 Å². The lowest BCUT2D eigenvalue weighted by Crippen LogP contribution is -2.32. The Balaban J connectivity index is 2.12. The third-order valence-electron chi connectivity index (χ3n) is 3.65. The second-order valence-corrected chi connectivity index (χ2v) is 7.88. The predicted molar refractivity (Wildman–Crippen MR) is 102 cm³/mol. The molecule has 2 aromatic heterocycles. The lowest BCUT2D eigenvalue weighted by atomic mass is 10.0. The molecule has 0 saturated heterocycles. The maximum Gasteiger partial charge on any atom is 0.346 e. The minimum Gasteiger partial charge on any atom is -0.465 e. The van der Waals surface area contributed by atoms with E-state index in [0.717, 1.165) is 16.6 Å². The highest BCUT2D eigenvalue weighted by atomic mass is 32.2. The van der Waals surface area contributed by atoms with Crippen LogP contribution in [-0.4, -0.2) is 34.7 Å². The van der Waals surface area contributed by atoms with Crippen molar-refractivity contribution in [2.75, 3.05) is 12.9 Å². The number of aryl methyl sites for hydroxylation is 1. The molecule has 140 valence electrons. The highest BCUT2D eigenvalue weighted by Crippen LogP contribution is 2.26. The molecule has 0 spiro atoms. The summed E-state index contributed by atoms with van der Waals surface area (Å²) in [4.78, 5) is 43.3. The molecule has 1 atom stereocenters. The minimum atomic E-state index is -0.604. The Morgan fingerprint density at radius 2 is 2.15 bits per heavy atom. The Hall–Kier alpha value is -2.13. The number of methoxy groups -OCH3 is 1. The van der Waals surface area contributed by atoms with Crippen LogP contribution in [0, 0.1) is 12.8 Å². The molecule has 0 aliphatic heterocycles. The molecule has 0 saturated carbocycles. The van der Waals surface area contributed by atoms with Crippen molar-refractivity contribution in [3.63, 3.8) is 0 Å². The van der Waals surface area contributed by atoms with Gasteiger partial charge in [-0.25, -0.2) is 9.59 Å². The lowest BCUT2D eigenvalue weighted by molar-refractivity contribution is -0.119. The number of aromatic nitrogens is 2. The maximum atomic E-state index is 12.4. The number of carbonyl (C=O) groups is 2. The molecule has 0 aromatic carbocycles. The van der Waals surface area contributed by atoms with Gasteiger partial charge in [0.25, 0.3) is 0 Å². The number of thioether (sulfide) groups is 1. The number of hydrogen-bond donors (Lipinski definition) is 2. The molecule has 1 unspecified atom stereocenters. The zero-order valence-electron chi connectivity index (χ0n) is 15.0. The molecule has 0 bridgehead atoms. The topological polar surface area (TPSA) is 101 Å². The van der Waals surface area contributed by atoms with E-state index in [1.807, 2.05) is 31.4 Å². The van der Waals surface area contributed by atoms with Gasteiger partial charge in [0.15, 0.2) is 0 Å². The highest BCUT2D eigenvalue weighted by molar-refractivity contribution is 8.00. The van der Waals surface area contributed by atoms with Crippen molar-refractivity contribution in [1.29, 1.82) is 0 Å². The Morgan fingerprint density at radius 1 is 1.42 bits per heavy atom. The van der Waals surface area contributed by atoms with E-state index in [2.05, 4.69) is 15.3 Å². The van der Waals surface area contributed by atoms with Crippen LogP contribution in [0.2, 0.25) is 0 Å². The number of rotatable bonds is 7. The number of amides is 1. The van der Waals surface area contributed by atoms with Gasteiger partial charge >= 0.3 is 11.7 Å². The molecule has 2 heterocycles. The Labute approximate surface area is 159 Å². The van der Waals surface area contributed by atoms with Crippen molar-refractivity contribution in [1.82, 2.24) is 15.3 Å². The molecule has 0 aliphatic carbocycles. The maximum absolute atomic E-state index is 12.4. The average molecular weight is 396 g/mol. The van der Waals surface area contributed by atoms with Crippen molar-refractivity contribution in [2.45, 2.75) is 31.8 Å². The summed E-state index contributed by atoms with van der Waals surface area (Å²) >= 11 is 2.63. The zero-order valence-corrected chi connectivity index (χ0v) is 16.6. The van der Waals surface area contributed by atoms with Crippen molar-refractivity contribution < 1.29 is 14.3 Å². The number of nitrogens with one attached hydrogen (secondary N) is 2. The summed E-state index contributed by atoms with van der Waals surface area (Å²) in [7, 11) is 1.25. The van der Waals surface area contributed by atoms with Crippen LogP contribution in [-0.2, 0) is 9.53 Å². The molecule has 7 nitrogen and oxygen atoms in total. The van der Waals surface area contributed by atoms with E-state index >= 15 is 0 Å². The first-order valence-corrected chi connectivity index (χ1v) is 9.84. The smallest absolute Gasteiger partial charge is 0.346 e. The SMILES string of the molecule is COC(=O)c1c(SCC(=O)NC(c2cccs2)C(C)C)nc(=O)[nH]c1C. The standard InChI is InChI=1S/C17H21N3O4S2/c1-9(2)14(11-6-5-7-25-11)19-12(21)8-26-15-13(16(22)24-4)10(3)18-17(23)20-15/h5-7,9,14H,8H2,1-4H3,(H,19,21)(H,18,20,23). The molecule has 9 heteroatoms. The summed E-state index contributed by atoms with van der Waals surface area (Å²) in [6.07, 6.45) is 0. The molecule has 0 fully saturated rings. The first-order chi connectivity index (χ1) is 12.3. The molecule has 26 heavy (non-hydrogen) atoms. The van der Waals surface area contributed by atoms with Crippen molar-refractivity contribution in [2.24, 2.45) is 5.92 Å². The van der Waals surface area contributed by atoms with Crippen molar-refractivity contribution in [3.05, 3.63) is 44.1 Å². The van der Waals surface area contributed by atoms with Crippen LogP contribution < -0.4 is 11.0 Å². The van der Waals surface area contributed by atoms with Gasteiger partial charge in [0.2, 0.25) is 5.91 Å². The van der Waals surface area contributed by atoms with Gasteiger partial charge in [-0.15, -0.1) is 11.3 Å². The van der Waals surface area contributed by atoms with Crippen LogP contribution in [0.3, 0.4) is 0 Å². The summed E-state index contributed by atoms with van der Waals surface area (Å²) < 4.78 is 4.74. The van der Waals surface area contributed by atoms with Crippen molar-refractivity contribution in [3.8, 4) is 0 Å². The number of hydrogen-bond acceptors (Lipinski definition) is 7. The molecular weight excluding hydrogens is 374 g/mol. The quantitative estimate of drug-likeness (QED) is 0.424. The first-order valence-electron chi connectivity index (χ1n) is 7.98. The molecule has 0 radical (unpaired) electrons. The largest absolute Gasteiger partial charge is 0.465 e. The number of thiophene rings is 1. The van der Waals surface area contributed by atoms with Crippen LogP contribution in [0.5, 0.6) is 0 Å². The fraction of sp³-hybridized carbons (Fsp3) is 0.412. The summed E-state index contributed by atoms with van der Waals surface area (Å²) in [5.74, 6) is -0.535. The monoisotopic (exact) mass is 395 g/mol. The van der Waals surface area contributed by atoms with E-state index in [0.29, 0.717) is 5.69 Å². The van der Waals surface area contributed by atoms with Gasteiger partial charge in [0.1, 0.15) is 10.6 Å². The predicted octanol–water partition coefficient (Wildman–Crippen LogP) is 2.53. The molecule has 2 aromatic rings. The molecule has 2 N–H and O–H groups in total. The normalized spacial score (nSPS) is 12.0. The second kappa shape index (κ2) is 9.00. The van der Waals surface area contributed by atoms with Crippen molar-refractivity contribution >= 4 is 35.0 Å². The van der Waals surface area contributed by atoms with Crippen LogP contribution in [0.15, 0.2) is 27.3 Å². The minimum absolute atomic E-state index is 0.0362. The summed E-state index contributed by atoms with van der Waals surface area (Å²) in [5, 5.41) is 5.16. The number of ether oxygens (including phenoxy) is 1. The zero-order chi connectivity index (χ0) is 19.3. The number of aromatic amines is 1. The van der Waals surface area contributed by atoms with Crippen LogP contribution in [0.25, 0.3) is 0 Å². The molecule has 2 rings (SSSR count). The molecular formula is C17H21N3O4S2. The van der Waals surface area contributed by atoms with E-state index in [1.165, 1.54) is 7.11 Å². The van der Waals surface area contributed by atoms with E-state index in [4.69, 9.17) is 4.74 Å². The summed E-state index contributed by atoms with van der Waals surface area (Å²) in [5.41, 5.74) is -0.0429. The first kappa shape index (κ1) is 20.2. The number of H-pyrrole nitrogens is 1. The van der Waals surface area contributed by atoms with Crippen LogP contribution in [0.4, 0.5) is 0 Å². The average Bonchev–Trinajstić information content (AvgIpc) is 3.10. The van der Waals surface area contributed by atoms with Crippen LogP contribution >= 0.6 is 23.1 Å². The summed E-state index contributed by atoms with van der Waals surface area (Å²) in [6.45, 7) is 5.66. The molecule has 1 amide bonds. The number of esters is 1. The van der Waals surface area contributed by atoms with E-state index in [-0.39, 0.29) is 34.2 Å². The Bertz CT molecular complexity index is 831. The number of carbonyl (C=O) groups excluding carboxylic acids is 2.